The van der Waals surface area contributed by atoms with Crippen LogP contribution in [0.4, 0.5) is 0 Å². The highest BCUT2D eigenvalue weighted by atomic mass is 16.7. The van der Waals surface area contributed by atoms with Gasteiger partial charge in [0.15, 0.2) is 5.79 Å². The lowest BCUT2D eigenvalue weighted by molar-refractivity contribution is -0.272. The Hall–Kier alpha value is -2.04. The van der Waals surface area contributed by atoms with Gasteiger partial charge in [-0.05, 0) is 52.5 Å². The Kier molecular flexibility index (Phi) is 9.16. The SMILES string of the molecule is CC(=O)O[C@@H](C)/C=C\C(=O)N[C@@H]1C[C@H](C)[C@H](C/C=C(C)/C=C/[C@@H]2O[C@@](C)(O)C[C@]3(CO3)[C@H]2O)O[C@@H]1C. The number of amides is 1. The van der Waals surface area contributed by atoms with Crippen LogP contribution in [0.5, 0.6) is 0 Å². The Bertz CT molecular complexity index is 890. The molecule has 3 fully saturated rings. The fourth-order valence-electron chi connectivity index (χ4n) is 4.95. The van der Waals surface area contributed by atoms with E-state index in [2.05, 4.69) is 18.3 Å². The standard InChI is InChI=1S/C27H41NO8/c1-16(8-11-23-25(31)27(15-33-27)14-26(6,32)36-23)7-10-22-17(2)13-21(19(4)35-22)28-24(30)12-9-18(3)34-20(5)29/h7-9,11-12,17-19,21-23,25,31-32H,10,13-15H2,1-6H3,(H,28,30)/b11-8+,12-9-,16-7+/t17-,18-,19+,21+,22-,23-,25-,26+,27-/m0/s1. The second kappa shape index (κ2) is 11.6. The van der Waals surface area contributed by atoms with Gasteiger partial charge in [-0.25, -0.2) is 0 Å². The molecule has 0 aliphatic carbocycles. The van der Waals surface area contributed by atoms with Gasteiger partial charge in [0.1, 0.15) is 23.9 Å². The van der Waals surface area contributed by atoms with Crippen LogP contribution in [0.25, 0.3) is 0 Å². The molecule has 3 rings (SSSR count). The molecule has 1 amide bonds. The smallest absolute Gasteiger partial charge is 0.303 e. The van der Waals surface area contributed by atoms with Gasteiger partial charge in [-0.1, -0.05) is 30.7 Å². The minimum Gasteiger partial charge on any atom is -0.459 e. The Balaban J connectivity index is 1.49. The number of rotatable bonds is 8. The number of allylic oxidation sites excluding steroid dienone is 2. The molecule has 3 heterocycles. The lowest BCUT2D eigenvalue weighted by Gasteiger charge is -2.40. The third kappa shape index (κ3) is 7.73. The minimum atomic E-state index is -1.34. The number of nitrogens with one attached hydrogen (secondary N) is 1. The highest BCUT2D eigenvalue weighted by molar-refractivity contribution is 5.87. The van der Waals surface area contributed by atoms with Crippen LogP contribution in [-0.2, 0) is 28.5 Å². The second-order valence-electron chi connectivity index (χ2n) is 10.7. The van der Waals surface area contributed by atoms with Crippen molar-refractivity contribution in [3.63, 3.8) is 0 Å². The molecule has 202 valence electrons. The summed E-state index contributed by atoms with van der Waals surface area (Å²) in [4.78, 5) is 23.3. The Labute approximate surface area is 213 Å². The summed E-state index contributed by atoms with van der Waals surface area (Å²) in [6.45, 7) is 11.1. The fraction of sp³-hybridized carbons (Fsp3) is 0.704. The van der Waals surface area contributed by atoms with E-state index >= 15 is 0 Å². The predicted molar refractivity (Wildman–Crippen MR) is 133 cm³/mol. The van der Waals surface area contributed by atoms with E-state index < -0.39 is 35.7 Å². The van der Waals surface area contributed by atoms with E-state index in [1.807, 2.05) is 19.9 Å². The molecule has 0 radical (unpaired) electrons. The van der Waals surface area contributed by atoms with Crippen molar-refractivity contribution in [2.45, 2.75) is 109 Å². The highest BCUT2D eigenvalue weighted by Gasteiger charge is 2.61. The number of aliphatic hydroxyl groups is 2. The maximum atomic E-state index is 12.3. The monoisotopic (exact) mass is 507 g/mol. The van der Waals surface area contributed by atoms with Gasteiger partial charge >= 0.3 is 5.97 Å². The molecular formula is C27H41NO8. The highest BCUT2D eigenvalue weighted by Crippen LogP contribution is 2.45. The van der Waals surface area contributed by atoms with Gasteiger partial charge in [0, 0.05) is 19.4 Å². The van der Waals surface area contributed by atoms with Gasteiger partial charge in [0.25, 0.3) is 0 Å². The van der Waals surface area contributed by atoms with Crippen molar-refractivity contribution in [3.8, 4) is 0 Å². The lowest BCUT2D eigenvalue weighted by atomic mass is 9.87. The molecule has 36 heavy (non-hydrogen) atoms. The summed E-state index contributed by atoms with van der Waals surface area (Å²) in [6.07, 6.45) is 8.33. The van der Waals surface area contributed by atoms with E-state index in [0.717, 1.165) is 12.0 Å². The van der Waals surface area contributed by atoms with Crippen molar-refractivity contribution < 1.29 is 38.7 Å². The number of carbonyl (C=O) groups excluding carboxylic acids is 2. The number of esters is 1. The number of hydrogen-bond donors (Lipinski definition) is 3. The van der Waals surface area contributed by atoms with E-state index in [0.29, 0.717) is 13.0 Å². The zero-order valence-corrected chi connectivity index (χ0v) is 22.1. The molecule has 0 saturated carbocycles. The molecule has 3 N–H and O–H groups in total. The van der Waals surface area contributed by atoms with Crippen molar-refractivity contribution in [1.29, 1.82) is 0 Å². The van der Waals surface area contributed by atoms with E-state index in [4.69, 9.17) is 18.9 Å². The number of carbonyl (C=O) groups is 2. The zero-order chi connectivity index (χ0) is 26.7. The summed E-state index contributed by atoms with van der Waals surface area (Å²) in [5.41, 5.74) is 0.283. The van der Waals surface area contributed by atoms with E-state index in [1.165, 1.54) is 13.0 Å². The van der Waals surface area contributed by atoms with E-state index in [1.54, 1.807) is 26.0 Å². The van der Waals surface area contributed by atoms with Gasteiger partial charge in [-0.15, -0.1) is 0 Å². The van der Waals surface area contributed by atoms with Crippen LogP contribution >= 0.6 is 0 Å². The van der Waals surface area contributed by atoms with Crippen molar-refractivity contribution in [2.75, 3.05) is 6.61 Å². The van der Waals surface area contributed by atoms with Crippen LogP contribution in [0.1, 0.15) is 60.8 Å². The average molecular weight is 508 g/mol. The molecule has 9 heteroatoms. The number of hydrogen-bond acceptors (Lipinski definition) is 8. The predicted octanol–water partition coefficient (Wildman–Crippen LogP) is 2.31. The van der Waals surface area contributed by atoms with Crippen LogP contribution in [0.2, 0.25) is 0 Å². The molecular weight excluding hydrogens is 466 g/mol. The summed E-state index contributed by atoms with van der Waals surface area (Å²) in [5.74, 6) is -1.75. The van der Waals surface area contributed by atoms with Gasteiger partial charge in [0.2, 0.25) is 5.91 Å². The second-order valence-corrected chi connectivity index (χ2v) is 10.7. The first-order chi connectivity index (χ1) is 16.8. The zero-order valence-electron chi connectivity index (χ0n) is 22.1. The van der Waals surface area contributed by atoms with Crippen molar-refractivity contribution in [1.82, 2.24) is 5.32 Å². The minimum absolute atomic E-state index is 0.0106. The van der Waals surface area contributed by atoms with Gasteiger partial charge < -0.3 is 34.5 Å². The van der Waals surface area contributed by atoms with Crippen LogP contribution < -0.4 is 5.32 Å². The lowest BCUT2D eigenvalue weighted by Crippen LogP contribution is -2.54. The largest absolute Gasteiger partial charge is 0.459 e. The molecule has 1 spiro atoms. The summed E-state index contributed by atoms with van der Waals surface area (Å²) in [5, 5.41) is 23.9. The van der Waals surface area contributed by atoms with Crippen molar-refractivity contribution >= 4 is 11.9 Å². The van der Waals surface area contributed by atoms with Crippen LogP contribution in [0.15, 0.2) is 36.0 Å². The maximum absolute atomic E-state index is 12.3. The third-order valence-corrected chi connectivity index (χ3v) is 7.02. The van der Waals surface area contributed by atoms with E-state index in [9.17, 15) is 19.8 Å². The third-order valence-electron chi connectivity index (χ3n) is 7.02. The van der Waals surface area contributed by atoms with Crippen LogP contribution in [-0.4, -0.2) is 76.6 Å². The molecule has 0 bridgehead atoms. The molecule has 0 unspecified atom stereocenters. The van der Waals surface area contributed by atoms with Crippen molar-refractivity contribution in [3.05, 3.63) is 36.0 Å². The van der Waals surface area contributed by atoms with Gasteiger partial charge in [0.05, 0.1) is 24.9 Å². The number of aliphatic hydroxyl groups excluding tert-OH is 1. The fourth-order valence-corrected chi connectivity index (χ4v) is 4.95. The summed E-state index contributed by atoms with van der Waals surface area (Å²) < 4.78 is 22.3. The van der Waals surface area contributed by atoms with E-state index in [-0.39, 0.29) is 36.5 Å². The molecule has 3 aliphatic rings. The Morgan fingerprint density at radius 2 is 1.94 bits per heavy atom. The Morgan fingerprint density at radius 1 is 1.25 bits per heavy atom. The first kappa shape index (κ1) is 28.5. The normalized spacial score (nSPS) is 39.9. The summed E-state index contributed by atoms with van der Waals surface area (Å²) >= 11 is 0. The topological polar surface area (TPSA) is 127 Å². The molecule has 9 nitrogen and oxygen atoms in total. The summed E-state index contributed by atoms with van der Waals surface area (Å²) in [7, 11) is 0. The maximum Gasteiger partial charge on any atom is 0.303 e. The molecule has 9 atom stereocenters. The number of ether oxygens (including phenoxy) is 4. The van der Waals surface area contributed by atoms with Crippen LogP contribution in [0.3, 0.4) is 0 Å². The van der Waals surface area contributed by atoms with Gasteiger partial charge in [-0.3, -0.25) is 9.59 Å². The van der Waals surface area contributed by atoms with Crippen LogP contribution in [0, 0.1) is 5.92 Å². The van der Waals surface area contributed by atoms with Gasteiger partial charge in [-0.2, -0.15) is 0 Å². The average Bonchev–Trinajstić information content (AvgIpc) is 3.54. The first-order valence-corrected chi connectivity index (χ1v) is 12.7. The molecule has 0 aromatic heterocycles. The number of epoxide rings is 1. The molecule has 0 aromatic rings. The quantitative estimate of drug-likeness (QED) is 0.198. The Morgan fingerprint density at radius 3 is 2.58 bits per heavy atom. The first-order valence-electron chi connectivity index (χ1n) is 12.7. The van der Waals surface area contributed by atoms with Crippen molar-refractivity contribution in [2.24, 2.45) is 5.92 Å². The molecule has 3 aliphatic heterocycles. The summed E-state index contributed by atoms with van der Waals surface area (Å²) in [6, 6.07) is -0.114. The molecule has 3 saturated heterocycles. The molecule has 0 aromatic carbocycles.